The molecule has 0 radical (unpaired) electrons. The van der Waals surface area contributed by atoms with Crippen LogP contribution >= 0.6 is 0 Å². The van der Waals surface area contributed by atoms with Gasteiger partial charge in [-0.3, -0.25) is 0 Å². The van der Waals surface area contributed by atoms with E-state index in [-0.39, 0.29) is 23.5 Å². The van der Waals surface area contributed by atoms with E-state index in [1.54, 1.807) is 0 Å². The van der Waals surface area contributed by atoms with Gasteiger partial charge in [0, 0.05) is 0 Å². The maximum absolute atomic E-state index is 11.0. The average Bonchev–Trinajstić information content (AvgIpc) is 3.10. The zero-order chi connectivity index (χ0) is 23.3. The predicted octanol–water partition coefficient (Wildman–Crippen LogP) is 7.39. The third kappa shape index (κ3) is 4.04. The maximum Gasteiger partial charge on any atom is 0.0581 e. The van der Waals surface area contributed by atoms with E-state index in [9.17, 15) is 10.2 Å². The zero-order valence-electron chi connectivity index (χ0n) is 21.9. The molecule has 4 rings (SSSR count). The summed E-state index contributed by atoms with van der Waals surface area (Å²) in [6.45, 7) is 14.5. The van der Waals surface area contributed by atoms with E-state index < -0.39 is 0 Å². The first kappa shape index (κ1) is 24.8. The van der Waals surface area contributed by atoms with E-state index in [0.717, 1.165) is 48.9 Å². The minimum atomic E-state index is -0.289. The first-order valence-electron chi connectivity index (χ1n) is 14.2. The van der Waals surface area contributed by atoms with Crippen molar-refractivity contribution in [2.45, 2.75) is 124 Å². The summed E-state index contributed by atoms with van der Waals surface area (Å²) in [6, 6.07) is 0. The standard InChI is InChI=1S/C30H52O2/c1-7-28(32)27-18-22(31)17-21-11-12-23-25-14-13-24(20(4)10-8-9-19(2)3)29(25,5)16-15-26(23)30(21,27)6/h11,19-20,22-28,31-32H,7-10,12-18H2,1-6H3/t20-,22-,23+,24-,25+,26+,27?,28?,29-,30+/m1/s1. The highest BCUT2D eigenvalue weighted by molar-refractivity contribution is 5.27. The Bertz CT molecular complexity index is 682. The van der Waals surface area contributed by atoms with Crippen LogP contribution in [0.2, 0.25) is 0 Å². The highest BCUT2D eigenvalue weighted by Gasteiger charge is 2.61. The molecule has 184 valence electrons. The number of rotatable bonds is 7. The van der Waals surface area contributed by atoms with E-state index >= 15 is 0 Å². The van der Waals surface area contributed by atoms with Gasteiger partial charge in [0.25, 0.3) is 0 Å². The van der Waals surface area contributed by atoms with Crippen LogP contribution in [0.5, 0.6) is 0 Å². The minimum Gasteiger partial charge on any atom is -0.393 e. The number of aliphatic hydroxyl groups excluding tert-OH is 2. The van der Waals surface area contributed by atoms with E-state index in [0.29, 0.717) is 11.3 Å². The van der Waals surface area contributed by atoms with Crippen LogP contribution in [0, 0.1) is 52.3 Å². The van der Waals surface area contributed by atoms with Crippen molar-refractivity contribution in [1.29, 1.82) is 0 Å². The van der Waals surface area contributed by atoms with Crippen molar-refractivity contribution in [3.8, 4) is 0 Å². The Balaban J connectivity index is 1.56. The third-order valence-corrected chi connectivity index (χ3v) is 11.4. The molecule has 4 aliphatic rings. The fourth-order valence-corrected chi connectivity index (χ4v) is 9.65. The Labute approximate surface area is 198 Å². The summed E-state index contributed by atoms with van der Waals surface area (Å²) in [5, 5.41) is 21.6. The second kappa shape index (κ2) is 9.37. The summed E-state index contributed by atoms with van der Waals surface area (Å²) in [6.07, 6.45) is 15.3. The highest BCUT2D eigenvalue weighted by Crippen LogP contribution is 2.68. The van der Waals surface area contributed by atoms with E-state index in [4.69, 9.17) is 0 Å². The molecular weight excluding hydrogens is 392 g/mol. The lowest BCUT2D eigenvalue weighted by atomic mass is 9.44. The van der Waals surface area contributed by atoms with Gasteiger partial charge < -0.3 is 10.2 Å². The van der Waals surface area contributed by atoms with Crippen LogP contribution < -0.4 is 0 Å². The molecule has 0 aromatic heterocycles. The van der Waals surface area contributed by atoms with Crippen LogP contribution in [0.25, 0.3) is 0 Å². The largest absolute Gasteiger partial charge is 0.393 e. The number of allylic oxidation sites excluding steroid dienone is 1. The van der Waals surface area contributed by atoms with Crippen LogP contribution in [0.15, 0.2) is 11.6 Å². The van der Waals surface area contributed by atoms with Crippen molar-refractivity contribution in [2.75, 3.05) is 0 Å². The van der Waals surface area contributed by atoms with E-state index in [1.807, 2.05) is 0 Å². The topological polar surface area (TPSA) is 40.5 Å². The second-order valence-corrected chi connectivity index (χ2v) is 13.3. The molecule has 0 spiro atoms. The monoisotopic (exact) mass is 444 g/mol. The Morgan fingerprint density at radius 2 is 1.78 bits per heavy atom. The van der Waals surface area contributed by atoms with Crippen LogP contribution in [-0.2, 0) is 0 Å². The van der Waals surface area contributed by atoms with Crippen molar-refractivity contribution >= 4 is 0 Å². The molecule has 0 heterocycles. The molecule has 4 aliphatic carbocycles. The summed E-state index contributed by atoms with van der Waals surface area (Å²) in [7, 11) is 0. The van der Waals surface area contributed by atoms with Crippen molar-refractivity contribution in [3.05, 3.63) is 11.6 Å². The molecule has 2 heteroatoms. The molecule has 3 fully saturated rings. The van der Waals surface area contributed by atoms with E-state index in [1.165, 1.54) is 56.9 Å². The van der Waals surface area contributed by atoms with Gasteiger partial charge in [0.1, 0.15) is 0 Å². The lowest BCUT2D eigenvalue weighted by molar-refractivity contribution is -0.106. The van der Waals surface area contributed by atoms with Crippen molar-refractivity contribution in [3.63, 3.8) is 0 Å². The summed E-state index contributed by atoms with van der Waals surface area (Å²) >= 11 is 0. The SMILES string of the molecule is CCC(O)C1C[C@H](O)CC2=CC[C@H]3[C@@H]4CC[C@H]([C@H](C)CCCC(C)C)[C@@]4(C)CC[C@@H]3[C@]21C. The molecule has 0 aromatic carbocycles. The quantitative estimate of drug-likeness (QED) is 0.402. The molecule has 2 unspecified atom stereocenters. The van der Waals surface area contributed by atoms with Crippen molar-refractivity contribution in [1.82, 2.24) is 0 Å². The molecule has 10 atom stereocenters. The van der Waals surface area contributed by atoms with E-state index in [2.05, 4.69) is 47.6 Å². The molecule has 2 nitrogen and oxygen atoms in total. The molecular formula is C30H52O2. The normalized spacial score (nSPS) is 45.6. The van der Waals surface area contributed by atoms with Gasteiger partial charge in [-0.1, -0.05) is 72.5 Å². The third-order valence-electron chi connectivity index (χ3n) is 11.4. The van der Waals surface area contributed by atoms with Gasteiger partial charge in [-0.25, -0.2) is 0 Å². The maximum atomic E-state index is 11.0. The minimum absolute atomic E-state index is 0.0832. The highest BCUT2D eigenvalue weighted by atomic mass is 16.3. The van der Waals surface area contributed by atoms with Gasteiger partial charge in [-0.2, -0.15) is 0 Å². The molecule has 3 saturated carbocycles. The fraction of sp³-hybridized carbons (Fsp3) is 0.933. The molecule has 0 aromatic rings. The van der Waals surface area contributed by atoms with Crippen molar-refractivity contribution in [2.24, 2.45) is 52.3 Å². The molecule has 32 heavy (non-hydrogen) atoms. The van der Waals surface area contributed by atoms with Gasteiger partial charge in [0.05, 0.1) is 12.2 Å². The Morgan fingerprint density at radius 3 is 2.47 bits per heavy atom. The first-order valence-corrected chi connectivity index (χ1v) is 14.2. The lowest BCUT2D eigenvalue weighted by Crippen LogP contribution is -2.56. The average molecular weight is 445 g/mol. The second-order valence-electron chi connectivity index (χ2n) is 13.3. The Morgan fingerprint density at radius 1 is 1.03 bits per heavy atom. The van der Waals surface area contributed by atoms with Crippen LogP contribution in [0.3, 0.4) is 0 Å². The number of aliphatic hydroxyl groups is 2. The number of hydrogen-bond acceptors (Lipinski definition) is 2. The van der Waals surface area contributed by atoms with Gasteiger partial charge in [0.15, 0.2) is 0 Å². The Hall–Kier alpha value is -0.340. The Kier molecular flexibility index (Phi) is 7.25. The summed E-state index contributed by atoms with van der Waals surface area (Å²) in [5.41, 5.74) is 2.07. The molecule has 0 saturated heterocycles. The molecule has 0 aliphatic heterocycles. The van der Waals surface area contributed by atoms with Crippen molar-refractivity contribution < 1.29 is 10.2 Å². The number of fused-ring (bicyclic) bond motifs is 5. The first-order chi connectivity index (χ1) is 15.1. The van der Waals surface area contributed by atoms with Gasteiger partial charge in [0.2, 0.25) is 0 Å². The summed E-state index contributed by atoms with van der Waals surface area (Å²) < 4.78 is 0. The van der Waals surface area contributed by atoms with Crippen LogP contribution in [-0.4, -0.2) is 22.4 Å². The van der Waals surface area contributed by atoms with Crippen LogP contribution in [0.1, 0.15) is 112 Å². The predicted molar refractivity (Wildman–Crippen MR) is 134 cm³/mol. The summed E-state index contributed by atoms with van der Waals surface area (Å²) in [4.78, 5) is 0. The zero-order valence-corrected chi connectivity index (χ0v) is 21.9. The van der Waals surface area contributed by atoms with Crippen LogP contribution in [0.4, 0.5) is 0 Å². The van der Waals surface area contributed by atoms with Gasteiger partial charge >= 0.3 is 0 Å². The van der Waals surface area contributed by atoms with Gasteiger partial charge in [-0.15, -0.1) is 0 Å². The molecule has 0 amide bonds. The molecule has 0 bridgehead atoms. The molecule has 2 N–H and O–H groups in total. The summed E-state index contributed by atoms with van der Waals surface area (Å²) in [5.74, 6) is 5.10. The smallest absolute Gasteiger partial charge is 0.0581 e. The lowest BCUT2D eigenvalue weighted by Gasteiger charge is -2.61. The number of hydrogen-bond donors (Lipinski definition) is 2. The fourth-order valence-electron chi connectivity index (χ4n) is 9.65. The van der Waals surface area contributed by atoms with Gasteiger partial charge in [-0.05, 0) is 104 Å².